The Hall–Kier alpha value is -0.820. The van der Waals surface area contributed by atoms with Gasteiger partial charge in [0.1, 0.15) is 0 Å². The van der Waals surface area contributed by atoms with Gasteiger partial charge in [0.2, 0.25) is 5.91 Å². The van der Waals surface area contributed by atoms with Gasteiger partial charge in [0.15, 0.2) is 0 Å². The monoisotopic (exact) mass is 441 g/mol. The van der Waals surface area contributed by atoms with Gasteiger partial charge in [0.05, 0.1) is 13.2 Å². The first-order valence-corrected chi connectivity index (χ1v) is 10.2. The number of rotatable bonds is 9. The van der Waals surface area contributed by atoms with Crippen molar-refractivity contribution in [1.29, 1.82) is 0 Å². The van der Waals surface area contributed by atoms with Gasteiger partial charge in [0, 0.05) is 23.0 Å². The summed E-state index contributed by atoms with van der Waals surface area (Å²) in [5, 5.41) is 2.54. The smallest absolute Gasteiger partial charge is 0.359 e. The van der Waals surface area contributed by atoms with Crippen LogP contribution in [0.15, 0.2) is 22.7 Å². The van der Waals surface area contributed by atoms with E-state index in [1.165, 1.54) is 39.1 Å². The first-order valence-electron chi connectivity index (χ1n) is 7.90. The summed E-state index contributed by atoms with van der Waals surface area (Å²) < 4.78 is 51.8. The minimum absolute atomic E-state index is 0.0822. The molecule has 9 heteroatoms. The molecule has 1 amide bonds. The van der Waals surface area contributed by atoms with Crippen LogP contribution in [0, 0.1) is 5.92 Å². The van der Waals surface area contributed by atoms with Gasteiger partial charge < -0.3 is 14.4 Å². The van der Waals surface area contributed by atoms with Gasteiger partial charge in [-0.15, -0.1) is 0 Å². The molecule has 1 N–H and O–H groups in total. The Bertz CT molecular complexity index is 647. The lowest BCUT2D eigenvalue weighted by Gasteiger charge is -2.27. The van der Waals surface area contributed by atoms with E-state index in [-0.39, 0.29) is 29.5 Å². The molecule has 1 atom stereocenters. The van der Waals surface area contributed by atoms with Crippen molar-refractivity contribution in [3.63, 3.8) is 0 Å². The molecule has 0 aliphatic heterocycles. The first-order chi connectivity index (χ1) is 11.6. The fourth-order valence-corrected chi connectivity index (χ4v) is 4.71. The zero-order chi connectivity index (χ0) is 19.3. The molecule has 0 aromatic heterocycles. The van der Waals surface area contributed by atoms with Crippen molar-refractivity contribution in [2.45, 2.75) is 32.9 Å². The maximum Gasteiger partial charge on any atom is 0.404 e. The molecule has 0 spiro atoms. The molecule has 0 bridgehead atoms. The third kappa shape index (κ3) is 5.09. The average molecular weight is 442 g/mol. The highest BCUT2D eigenvalue weighted by atomic mass is 79.9. The molecule has 5 nitrogen and oxygen atoms in total. The number of alkyl halides is 2. The molecule has 0 heterocycles. The molecule has 0 aliphatic rings. The molecular formula is C16H23BrF2NO4P. The third-order valence-corrected chi connectivity index (χ3v) is 6.32. The lowest BCUT2D eigenvalue weighted by atomic mass is 9.99. The summed E-state index contributed by atoms with van der Waals surface area (Å²) in [4.78, 5) is 11.6. The summed E-state index contributed by atoms with van der Waals surface area (Å²) in [5.41, 5.74) is -3.58. The third-order valence-electron chi connectivity index (χ3n) is 3.54. The van der Waals surface area contributed by atoms with Crippen LogP contribution in [0.3, 0.4) is 0 Å². The Labute approximate surface area is 155 Å². The quantitative estimate of drug-likeness (QED) is 0.564. The molecule has 25 heavy (non-hydrogen) atoms. The van der Waals surface area contributed by atoms with Crippen molar-refractivity contribution in [2.24, 2.45) is 5.92 Å². The molecule has 0 unspecified atom stereocenters. The minimum Gasteiger partial charge on any atom is -0.359 e. The van der Waals surface area contributed by atoms with Crippen LogP contribution in [0.2, 0.25) is 0 Å². The van der Waals surface area contributed by atoms with Gasteiger partial charge in [-0.3, -0.25) is 9.36 Å². The Morgan fingerprint density at radius 2 is 1.88 bits per heavy atom. The zero-order valence-electron chi connectivity index (χ0n) is 14.6. The summed E-state index contributed by atoms with van der Waals surface area (Å²) in [5.74, 6) is -0.441. The van der Waals surface area contributed by atoms with Gasteiger partial charge in [-0.25, -0.2) is 0 Å². The van der Waals surface area contributed by atoms with Crippen LogP contribution >= 0.6 is 23.5 Å². The fraction of sp³-hybridized carbons (Fsp3) is 0.562. The molecule has 0 aliphatic carbocycles. The van der Waals surface area contributed by atoms with Crippen LogP contribution < -0.4 is 5.32 Å². The highest BCUT2D eigenvalue weighted by molar-refractivity contribution is 9.10. The number of nitrogens with one attached hydrogen (secondary N) is 1. The number of benzene rings is 1. The largest absolute Gasteiger partial charge is 0.404 e. The first kappa shape index (κ1) is 22.2. The molecule has 0 saturated heterocycles. The van der Waals surface area contributed by atoms with Gasteiger partial charge >= 0.3 is 13.3 Å². The lowest BCUT2D eigenvalue weighted by Crippen LogP contribution is -2.26. The molecule has 1 aromatic rings. The van der Waals surface area contributed by atoms with Crippen molar-refractivity contribution in [1.82, 2.24) is 5.32 Å². The molecule has 0 fully saturated rings. The lowest BCUT2D eigenvalue weighted by molar-refractivity contribution is -0.123. The average Bonchev–Trinajstić information content (AvgIpc) is 2.54. The SMILES string of the molecule is CCOP(=O)(OCC)C(F)(F)c1ccc(C[C@H](C)C(=O)NC)cc1Br. The molecular weight excluding hydrogens is 419 g/mol. The van der Waals surface area contributed by atoms with Crippen LogP contribution in [0.25, 0.3) is 0 Å². The maximum absolute atomic E-state index is 14.8. The number of carbonyl (C=O) groups is 1. The highest BCUT2D eigenvalue weighted by Crippen LogP contribution is 2.67. The van der Waals surface area contributed by atoms with E-state index >= 15 is 0 Å². The van der Waals surface area contributed by atoms with E-state index in [1.54, 1.807) is 6.92 Å². The van der Waals surface area contributed by atoms with Crippen molar-refractivity contribution in [2.75, 3.05) is 20.3 Å². The Kier molecular flexibility index (Phi) is 8.19. The highest BCUT2D eigenvalue weighted by Gasteiger charge is 2.55. The van der Waals surface area contributed by atoms with Crippen LogP contribution in [-0.4, -0.2) is 26.2 Å². The predicted octanol–water partition coefficient (Wildman–Crippen LogP) is 4.69. The van der Waals surface area contributed by atoms with Gasteiger partial charge in [-0.2, -0.15) is 8.78 Å². The van der Waals surface area contributed by atoms with Crippen molar-refractivity contribution < 1.29 is 27.2 Å². The van der Waals surface area contributed by atoms with Crippen LogP contribution in [0.5, 0.6) is 0 Å². The fourth-order valence-electron chi connectivity index (χ4n) is 2.31. The van der Waals surface area contributed by atoms with Gasteiger partial charge in [0.25, 0.3) is 0 Å². The topological polar surface area (TPSA) is 64.6 Å². The number of amides is 1. The van der Waals surface area contributed by atoms with E-state index in [2.05, 4.69) is 21.2 Å². The second-order valence-corrected chi connectivity index (χ2v) is 8.34. The summed E-state index contributed by atoms with van der Waals surface area (Å²) in [6.45, 7) is 4.37. The summed E-state index contributed by atoms with van der Waals surface area (Å²) in [7, 11) is -3.12. The molecule has 1 rings (SSSR count). The molecule has 142 valence electrons. The van der Waals surface area contributed by atoms with Crippen LogP contribution in [0.4, 0.5) is 8.78 Å². The van der Waals surface area contributed by atoms with E-state index in [4.69, 9.17) is 9.05 Å². The Morgan fingerprint density at radius 3 is 2.32 bits per heavy atom. The normalized spacial score (nSPS) is 13.6. The van der Waals surface area contributed by atoms with Crippen LogP contribution in [0.1, 0.15) is 31.9 Å². The summed E-state index contributed by atoms with van der Waals surface area (Å²) >= 11 is 3.11. The van der Waals surface area contributed by atoms with Crippen molar-refractivity contribution >= 4 is 29.4 Å². The number of hydrogen-bond donors (Lipinski definition) is 1. The predicted molar refractivity (Wildman–Crippen MR) is 95.8 cm³/mol. The van der Waals surface area contributed by atoms with E-state index in [0.29, 0.717) is 12.0 Å². The van der Waals surface area contributed by atoms with Gasteiger partial charge in [-0.05, 0) is 31.9 Å². The summed E-state index contributed by atoms with van der Waals surface area (Å²) in [6.07, 6.45) is 0.388. The number of halogens is 3. The maximum atomic E-state index is 14.8. The van der Waals surface area contributed by atoms with Crippen LogP contribution in [-0.2, 0) is 30.5 Å². The standard InChI is InChI=1S/C16H23BrF2NO4P/c1-5-23-25(22,24-6-2)16(18,19)13-8-7-12(10-14(13)17)9-11(3)15(21)20-4/h7-8,10-11H,5-6,9H2,1-4H3,(H,20,21)/t11-/m0/s1. The Morgan fingerprint density at radius 1 is 1.32 bits per heavy atom. The van der Waals surface area contributed by atoms with E-state index < -0.39 is 18.8 Å². The van der Waals surface area contributed by atoms with E-state index in [0.717, 1.165) is 0 Å². The molecule has 0 radical (unpaired) electrons. The molecule has 1 aromatic carbocycles. The number of carbonyl (C=O) groups excluding carboxylic acids is 1. The molecule has 0 saturated carbocycles. The van der Waals surface area contributed by atoms with E-state index in [9.17, 15) is 18.1 Å². The van der Waals surface area contributed by atoms with E-state index in [1.807, 2.05) is 0 Å². The summed E-state index contributed by atoms with van der Waals surface area (Å²) in [6, 6.07) is 4.15. The van der Waals surface area contributed by atoms with Crippen molar-refractivity contribution in [3.05, 3.63) is 33.8 Å². The minimum atomic E-state index is -4.66. The second-order valence-electron chi connectivity index (χ2n) is 5.41. The number of hydrogen-bond acceptors (Lipinski definition) is 4. The zero-order valence-corrected chi connectivity index (χ0v) is 17.1. The van der Waals surface area contributed by atoms with Crippen molar-refractivity contribution in [3.8, 4) is 0 Å². The van der Waals surface area contributed by atoms with Gasteiger partial charge in [-0.1, -0.05) is 35.0 Å². The Balaban J connectivity index is 3.17. The second kappa shape index (κ2) is 9.21.